The lowest BCUT2D eigenvalue weighted by Gasteiger charge is -1.05. The molecular formula is C3H6O3. The Morgan fingerprint density at radius 1 is 0.667 bits per heavy atom. The van der Waals surface area contributed by atoms with Crippen LogP contribution in [0, 0.1) is 0 Å². The van der Waals surface area contributed by atoms with E-state index in [1.54, 1.807) is 0 Å². The molecule has 0 aromatic carbocycles. The Hall–Kier alpha value is -0.600. The third-order valence-corrected chi connectivity index (χ3v) is 0.422. The molecular weight excluding hydrogens is 84.0 g/mol. The maximum atomic E-state index is 3.50. The molecule has 0 saturated heterocycles. The minimum absolute atomic E-state index is 1.50. The van der Waals surface area contributed by atoms with Crippen molar-refractivity contribution in [1.29, 1.82) is 0 Å². The van der Waals surface area contributed by atoms with Crippen LogP contribution in [0.3, 0.4) is 0 Å². The largest absolute Gasteiger partial charge is 0.0533 e. The summed E-state index contributed by atoms with van der Waals surface area (Å²) < 4.78 is 10.5. The van der Waals surface area contributed by atoms with Gasteiger partial charge in [0.1, 0.15) is 0 Å². The topological polar surface area (TPSA) is 39.4 Å². The highest BCUT2D eigenvalue weighted by Gasteiger charge is 1.95. The summed E-state index contributed by atoms with van der Waals surface area (Å²) in [4.78, 5) is 0. The average molecular weight is 90.1 g/mol. The first-order valence-electron chi connectivity index (χ1n) is 2.00. The molecule has 1 heterocycles. The second-order valence-electron chi connectivity index (χ2n) is 1.26. The van der Waals surface area contributed by atoms with Gasteiger partial charge in [0.15, 0.2) is 0 Å². The minimum atomic E-state index is 1.50. The van der Waals surface area contributed by atoms with Crippen molar-refractivity contribution in [3.63, 3.8) is 0 Å². The highest BCUT2D eigenvalue weighted by atomic mass is 17.6. The first-order valence-corrected chi connectivity index (χ1v) is 2.00. The van der Waals surface area contributed by atoms with Crippen molar-refractivity contribution >= 4 is 0 Å². The highest BCUT2D eigenvalue weighted by molar-refractivity contribution is 4.50. The zero-order valence-electron chi connectivity index (χ0n) is 3.35. The van der Waals surface area contributed by atoms with Crippen molar-refractivity contribution in [3.05, 3.63) is 0 Å². The van der Waals surface area contributed by atoms with E-state index in [2.05, 4.69) is 14.2 Å². The lowest BCUT2D eigenvalue weighted by atomic mass is 11.0. The van der Waals surface area contributed by atoms with Crippen LogP contribution in [0.1, 0.15) is 19.3 Å². The monoisotopic (exact) mass is 90.0 g/mol. The molecule has 3 heteroatoms. The predicted molar refractivity (Wildman–Crippen MR) is 17.1 cm³/mol. The van der Waals surface area contributed by atoms with Crippen LogP contribution in [-0.4, -0.2) is 0 Å². The molecule has 2 rings (SSSR count). The number of rotatable bonds is 0. The van der Waals surface area contributed by atoms with Gasteiger partial charge < -0.3 is 0 Å². The summed E-state index contributed by atoms with van der Waals surface area (Å²) in [7, 11) is 0. The summed E-state index contributed by atoms with van der Waals surface area (Å²) in [5.74, 6) is 0. The van der Waals surface area contributed by atoms with E-state index in [4.69, 9.17) is 0 Å². The van der Waals surface area contributed by atoms with Crippen LogP contribution in [0.5, 0.6) is 0 Å². The number of hydrogen-bond acceptors (Lipinski definition) is 3. The van der Waals surface area contributed by atoms with E-state index in [0.29, 0.717) is 0 Å². The fourth-order valence-electron chi connectivity index (χ4n) is 0. The van der Waals surface area contributed by atoms with Gasteiger partial charge in [-0.05, 0) is 0 Å². The molecule has 0 bridgehead atoms. The summed E-state index contributed by atoms with van der Waals surface area (Å²) in [6.07, 6.45) is 4.50. The molecule has 0 amide bonds. The van der Waals surface area contributed by atoms with E-state index < -0.39 is 0 Å². The van der Waals surface area contributed by atoms with Crippen LogP contribution in [0.4, 0.5) is 0 Å². The molecule has 1 aliphatic carbocycles. The van der Waals surface area contributed by atoms with E-state index >= 15 is 0 Å². The van der Waals surface area contributed by atoms with Crippen LogP contribution in [0.15, 0.2) is 14.2 Å². The van der Waals surface area contributed by atoms with Gasteiger partial charge in [0.05, 0.1) is 0 Å². The molecule has 0 N–H and O–H groups in total. The van der Waals surface area contributed by atoms with Gasteiger partial charge in [-0.25, -0.2) is 0 Å². The molecule has 0 aliphatic heterocycles. The lowest BCUT2D eigenvalue weighted by molar-refractivity contribution is 0.264. The molecule has 3 nitrogen and oxygen atoms in total. The standard InChI is InChI=1S/C3H6.O3/c2*1-2-3-1/h1-3H2;. The number of hydrogen-bond donors (Lipinski definition) is 0. The van der Waals surface area contributed by atoms with Crippen molar-refractivity contribution < 1.29 is 14.2 Å². The molecule has 0 unspecified atom stereocenters. The predicted octanol–water partition coefficient (Wildman–Crippen LogP) is 1.64. The zero-order valence-corrected chi connectivity index (χ0v) is 3.35. The van der Waals surface area contributed by atoms with Gasteiger partial charge in [0, 0.05) is 14.2 Å². The van der Waals surface area contributed by atoms with Crippen LogP contribution in [0.2, 0.25) is 0 Å². The van der Waals surface area contributed by atoms with E-state index in [0.717, 1.165) is 0 Å². The van der Waals surface area contributed by atoms with Crippen molar-refractivity contribution in [1.82, 2.24) is 0 Å². The van der Waals surface area contributed by atoms with Crippen molar-refractivity contribution in [2.45, 2.75) is 19.3 Å². The Balaban J connectivity index is 0.0000000600. The van der Waals surface area contributed by atoms with Gasteiger partial charge in [0.25, 0.3) is 0 Å². The molecule has 0 radical (unpaired) electrons. The maximum Gasteiger partial charge on any atom is 0 e. The molecule has 1 saturated carbocycles. The lowest BCUT2D eigenvalue weighted by Crippen LogP contribution is -0.856. The molecule has 1 aliphatic rings. The Morgan fingerprint density at radius 3 is 1.00 bits per heavy atom. The zero-order chi connectivity index (χ0) is 4.24. The molecule has 0 atom stereocenters. The summed E-state index contributed by atoms with van der Waals surface area (Å²) in [6.45, 7) is 0. The second kappa shape index (κ2) is 1.74. The summed E-state index contributed by atoms with van der Waals surface area (Å²) in [5.41, 5.74) is 0. The maximum absolute atomic E-state index is 3.50. The Bertz CT molecular complexity index is 57.3. The molecule has 1 aromatic heterocycles. The van der Waals surface area contributed by atoms with Crippen molar-refractivity contribution in [2.75, 3.05) is 0 Å². The Morgan fingerprint density at radius 2 is 1.00 bits per heavy atom. The van der Waals surface area contributed by atoms with Crippen molar-refractivity contribution in [2.24, 2.45) is 0 Å². The second-order valence-corrected chi connectivity index (χ2v) is 1.26. The average Bonchev–Trinajstić information content (AvgIpc) is 2.31. The molecule has 0 spiro atoms. The molecule has 6 heavy (non-hydrogen) atoms. The van der Waals surface area contributed by atoms with Gasteiger partial charge in [-0.15, -0.1) is 0 Å². The first kappa shape index (κ1) is 3.59. The Labute approximate surface area is 34.7 Å². The van der Waals surface area contributed by atoms with Crippen LogP contribution in [-0.2, 0) is 0 Å². The van der Waals surface area contributed by atoms with Crippen LogP contribution < -0.4 is 0 Å². The summed E-state index contributed by atoms with van der Waals surface area (Å²) in [6, 6.07) is 0. The van der Waals surface area contributed by atoms with E-state index in [1.807, 2.05) is 0 Å². The first-order chi connectivity index (χ1) is 3.00. The molecule has 36 valence electrons. The van der Waals surface area contributed by atoms with Gasteiger partial charge in [-0.2, -0.15) is 0 Å². The SMILES string of the molecule is C1CC1.o1oo1. The van der Waals surface area contributed by atoms with Crippen LogP contribution in [0.25, 0.3) is 0 Å². The van der Waals surface area contributed by atoms with Crippen molar-refractivity contribution in [3.8, 4) is 0 Å². The van der Waals surface area contributed by atoms with Crippen LogP contribution >= 0.6 is 0 Å². The van der Waals surface area contributed by atoms with Gasteiger partial charge in [0.2, 0.25) is 0 Å². The third-order valence-electron chi connectivity index (χ3n) is 0.422. The summed E-state index contributed by atoms with van der Waals surface area (Å²) in [5, 5.41) is 0. The minimum Gasteiger partial charge on any atom is -0.0533 e. The van der Waals surface area contributed by atoms with E-state index in [-0.39, 0.29) is 0 Å². The normalized spacial score (nSPS) is 16.0. The van der Waals surface area contributed by atoms with E-state index in [9.17, 15) is 0 Å². The summed E-state index contributed by atoms with van der Waals surface area (Å²) >= 11 is 0. The van der Waals surface area contributed by atoms with Gasteiger partial charge in [-0.3, -0.25) is 0 Å². The molecule has 1 fully saturated rings. The molecule has 1 aromatic rings. The quantitative estimate of drug-likeness (QED) is 0.454. The van der Waals surface area contributed by atoms with Gasteiger partial charge in [-0.1, -0.05) is 19.3 Å². The smallest absolute Gasteiger partial charge is 0 e. The Kier molecular flexibility index (Phi) is 1.04. The third kappa shape index (κ3) is 9.99. The highest BCUT2D eigenvalue weighted by Crippen LogP contribution is 2.14. The fourth-order valence-corrected chi connectivity index (χ4v) is 0. The fraction of sp³-hybridized carbons (Fsp3) is 1.00. The van der Waals surface area contributed by atoms with E-state index in [1.165, 1.54) is 19.3 Å². The van der Waals surface area contributed by atoms with Gasteiger partial charge >= 0.3 is 0 Å².